The molecule has 9 nitrogen and oxygen atoms in total. The van der Waals surface area contributed by atoms with Gasteiger partial charge in [-0.05, 0) is 42.9 Å². The van der Waals surface area contributed by atoms with Crippen LogP contribution in [-0.2, 0) is 0 Å². The van der Waals surface area contributed by atoms with Crippen molar-refractivity contribution in [3.8, 4) is 11.1 Å². The Hall–Kier alpha value is -4.11. The van der Waals surface area contributed by atoms with Crippen molar-refractivity contribution in [1.82, 2.24) is 24.8 Å². The minimum atomic E-state index is -0.262. The van der Waals surface area contributed by atoms with Crippen LogP contribution in [0.5, 0.6) is 0 Å². The second-order valence-corrected chi connectivity index (χ2v) is 8.91. The largest absolute Gasteiger partial charge is 0.363 e. The average molecular weight is 469 g/mol. The number of fused-ring (bicyclic) bond motifs is 1. The predicted octanol–water partition coefficient (Wildman–Crippen LogP) is 3.16. The van der Waals surface area contributed by atoms with Gasteiger partial charge in [0.05, 0.1) is 5.52 Å². The number of nitrogens with one attached hydrogen (secondary N) is 1. The Bertz CT molecular complexity index is 1350. The number of carbonyl (C=O) groups is 1. The molecule has 1 fully saturated rings. The Labute approximate surface area is 204 Å². The highest BCUT2D eigenvalue weighted by Crippen LogP contribution is 2.25. The molecule has 0 bridgehead atoms. The van der Waals surface area contributed by atoms with Gasteiger partial charge in [0.15, 0.2) is 0 Å². The van der Waals surface area contributed by atoms with E-state index in [2.05, 4.69) is 42.1 Å². The Morgan fingerprint density at radius 2 is 1.71 bits per heavy atom. The lowest BCUT2D eigenvalue weighted by Gasteiger charge is -2.33. The fraction of sp³-hybridized carbons (Fsp3) is 0.269. The lowest BCUT2D eigenvalue weighted by Crippen LogP contribution is -2.44. The monoisotopic (exact) mass is 468 g/mol. The lowest BCUT2D eigenvalue weighted by molar-refractivity contribution is 0.102. The second-order valence-electron chi connectivity index (χ2n) is 8.91. The number of hydrogen-bond acceptors (Lipinski definition) is 8. The average Bonchev–Trinajstić information content (AvgIpc) is 2.89. The third-order valence-electron chi connectivity index (χ3n) is 6.18. The molecule has 0 spiro atoms. The molecule has 5 rings (SSSR count). The molecular formula is C26H28N8O. The van der Waals surface area contributed by atoms with Crippen molar-refractivity contribution in [3.63, 3.8) is 0 Å². The minimum Gasteiger partial charge on any atom is -0.363 e. The van der Waals surface area contributed by atoms with Crippen molar-refractivity contribution in [2.75, 3.05) is 62.4 Å². The normalized spacial score (nSPS) is 14.2. The fourth-order valence-corrected chi connectivity index (χ4v) is 4.03. The van der Waals surface area contributed by atoms with Crippen molar-refractivity contribution < 1.29 is 4.79 Å². The van der Waals surface area contributed by atoms with E-state index in [0.717, 1.165) is 59.8 Å². The predicted molar refractivity (Wildman–Crippen MR) is 139 cm³/mol. The van der Waals surface area contributed by atoms with E-state index in [1.807, 2.05) is 61.6 Å². The second kappa shape index (κ2) is 9.63. The first-order valence-corrected chi connectivity index (χ1v) is 11.6. The van der Waals surface area contributed by atoms with E-state index in [1.165, 1.54) is 0 Å². The molecule has 1 saturated heterocycles. The molecule has 1 N–H and O–H groups in total. The molecule has 0 saturated carbocycles. The summed E-state index contributed by atoms with van der Waals surface area (Å²) in [6.07, 6.45) is 5.24. The third kappa shape index (κ3) is 5.04. The standard InChI is InChI=1S/C26H28N8O/c1-32(2)23-7-6-20(16-28-23)18-4-5-21-17-29-26(30-22(21)14-18)31-25(35)19-8-9-27-24(15-19)34-12-10-33(3)11-13-34/h4-9,14-17H,10-13H2,1-3H3,(H,29,30,31,35). The molecule has 35 heavy (non-hydrogen) atoms. The zero-order chi connectivity index (χ0) is 24.4. The van der Waals surface area contributed by atoms with E-state index in [-0.39, 0.29) is 11.9 Å². The van der Waals surface area contributed by atoms with Crippen LogP contribution in [0, 0.1) is 0 Å². The van der Waals surface area contributed by atoms with Gasteiger partial charge in [-0.3, -0.25) is 10.1 Å². The Kier molecular flexibility index (Phi) is 6.24. The maximum absolute atomic E-state index is 13.0. The fourth-order valence-electron chi connectivity index (χ4n) is 4.03. The molecule has 0 aliphatic carbocycles. The van der Waals surface area contributed by atoms with E-state index < -0.39 is 0 Å². The van der Waals surface area contributed by atoms with Crippen molar-refractivity contribution in [3.05, 3.63) is 66.6 Å². The van der Waals surface area contributed by atoms with Crippen molar-refractivity contribution in [2.45, 2.75) is 0 Å². The molecule has 0 atom stereocenters. The van der Waals surface area contributed by atoms with Gasteiger partial charge >= 0.3 is 0 Å². The third-order valence-corrected chi connectivity index (χ3v) is 6.18. The van der Waals surface area contributed by atoms with Crippen LogP contribution < -0.4 is 15.1 Å². The van der Waals surface area contributed by atoms with E-state index in [0.29, 0.717) is 5.56 Å². The number of anilines is 3. The van der Waals surface area contributed by atoms with E-state index >= 15 is 0 Å². The van der Waals surface area contributed by atoms with Crippen LogP contribution in [-0.4, -0.2) is 78.1 Å². The van der Waals surface area contributed by atoms with Gasteiger partial charge in [-0.25, -0.2) is 19.9 Å². The number of amides is 1. The van der Waals surface area contributed by atoms with Gasteiger partial charge in [0.2, 0.25) is 5.95 Å². The summed E-state index contributed by atoms with van der Waals surface area (Å²) >= 11 is 0. The Morgan fingerprint density at radius 1 is 0.914 bits per heavy atom. The molecule has 4 aromatic rings. The highest BCUT2D eigenvalue weighted by atomic mass is 16.1. The summed E-state index contributed by atoms with van der Waals surface area (Å²) in [4.78, 5) is 37.3. The van der Waals surface area contributed by atoms with Crippen molar-refractivity contribution in [2.24, 2.45) is 0 Å². The summed E-state index contributed by atoms with van der Waals surface area (Å²) in [5.74, 6) is 1.71. The van der Waals surface area contributed by atoms with Crippen LogP contribution in [0.2, 0.25) is 0 Å². The van der Waals surface area contributed by atoms with Crippen LogP contribution in [0.15, 0.2) is 61.1 Å². The topological polar surface area (TPSA) is 90.4 Å². The summed E-state index contributed by atoms with van der Waals surface area (Å²) < 4.78 is 0. The summed E-state index contributed by atoms with van der Waals surface area (Å²) in [5, 5.41) is 3.73. The number of pyridine rings is 2. The number of benzene rings is 1. The van der Waals surface area contributed by atoms with Crippen LogP contribution >= 0.6 is 0 Å². The van der Waals surface area contributed by atoms with E-state index in [9.17, 15) is 4.79 Å². The molecule has 0 radical (unpaired) electrons. The SMILES string of the molecule is CN1CCN(c2cc(C(=O)Nc3ncc4ccc(-c5ccc(N(C)C)nc5)cc4n3)ccn2)CC1. The molecule has 1 aliphatic heterocycles. The van der Waals surface area contributed by atoms with Gasteiger partial charge in [0.25, 0.3) is 5.91 Å². The molecule has 1 aromatic carbocycles. The first-order valence-electron chi connectivity index (χ1n) is 11.6. The first-order chi connectivity index (χ1) is 17.0. The van der Waals surface area contributed by atoms with Gasteiger partial charge in [0.1, 0.15) is 11.6 Å². The summed E-state index contributed by atoms with van der Waals surface area (Å²) in [6, 6.07) is 13.5. The smallest absolute Gasteiger partial charge is 0.258 e. The number of nitrogens with zero attached hydrogens (tertiary/aromatic N) is 7. The van der Waals surface area contributed by atoms with Gasteiger partial charge in [-0.1, -0.05) is 12.1 Å². The lowest BCUT2D eigenvalue weighted by atomic mass is 10.1. The van der Waals surface area contributed by atoms with Crippen LogP contribution in [0.1, 0.15) is 10.4 Å². The zero-order valence-corrected chi connectivity index (χ0v) is 20.1. The van der Waals surface area contributed by atoms with Crippen LogP contribution in [0.25, 0.3) is 22.0 Å². The van der Waals surface area contributed by atoms with E-state index in [4.69, 9.17) is 0 Å². The van der Waals surface area contributed by atoms with Gasteiger partial charge in [0, 0.05) is 75.4 Å². The molecule has 3 aromatic heterocycles. The molecule has 0 unspecified atom stereocenters. The Morgan fingerprint density at radius 3 is 2.46 bits per heavy atom. The molecule has 178 valence electrons. The maximum atomic E-state index is 13.0. The molecule has 9 heteroatoms. The number of piperazine rings is 1. The molecule has 1 amide bonds. The number of likely N-dealkylation sites (N-methyl/N-ethyl adjacent to an activating group) is 1. The summed E-state index contributed by atoms with van der Waals surface area (Å²) in [6.45, 7) is 3.72. The highest BCUT2D eigenvalue weighted by molar-refractivity contribution is 6.04. The van der Waals surface area contributed by atoms with Crippen molar-refractivity contribution in [1.29, 1.82) is 0 Å². The quantitative estimate of drug-likeness (QED) is 0.478. The molecule has 4 heterocycles. The van der Waals surface area contributed by atoms with Crippen molar-refractivity contribution >= 4 is 34.4 Å². The number of aromatic nitrogens is 4. The number of hydrogen-bond donors (Lipinski definition) is 1. The minimum absolute atomic E-state index is 0.262. The summed E-state index contributed by atoms with van der Waals surface area (Å²) in [7, 11) is 6.03. The number of rotatable bonds is 5. The maximum Gasteiger partial charge on any atom is 0.258 e. The summed E-state index contributed by atoms with van der Waals surface area (Å²) in [5.41, 5.74) is 3.27. The van der Waals surface area contributed by atoms with Crippen LogP contribution in [0.3, 0.4) is 0 Å². The van der Waals surface area contributed by atoms with Gasteiger partial charge in [-0.15, -0.1) is 0 Å². The van der Waals surface area contributed by atoms with E-state index in [1.54, 1.807) is 18.5 Å². The Balaban J connectivity index is 1.34. The molecule has 1 aliphatic rings. The highest BCUT2D eigenvalue weighted by Gasteiger charge is 2.17. The first kappa shape index (κ1) is 22.7. The van der Waals surface area contributed by atoms with Gasteiger partial charge in [-0.2, -0.15) is 0 Å². The van der Waals surface area contributed by atoms with Gasteiger partial charge < -0.3 is 14.7 Å². The van der Waals surface area contributed by atoms with Crippen LogP contribution in [0.4, 0.5) is 17.6 Å². The number of carbonyl (C=O) groups excluding carboxylic acids is 1. The zero-order valence-electron chi connectivity index (χ0n) is 20.1. The molecular weight excluding hydrogens is 440 g/mol.